The normalized spacial score (nSPS) is 16.1. The number of pyridine rings is 1. The van der Waals surface area contributed by atoms with Gasteiger partial charge in [-0.3, -0.25) is 9.98 Å². The van der Waals surface area contributed by atoms with Crippen molar-refractivity contribution in [2.75, 3.05) is 0 Å². The van der Waals surface area contributed by atoms with E-state index in [1.807, 2.05) is 18.2 Å². The molecule has 5 heteroatoms. The first kappa shape index (κ1) is 9.89. The first-order chi connectivity index (χ1) is 8.42. The maximum absolute atomic E-state index is 4.49. The molecule has 3 heterocycles. The van der Waals surface area contributed by atoms with Crippen LogP contribution in [0, 0.1) is 0 Å². The van der Waals surface area contributed by atoms with E-state index in [-0.39, 0.29) is 0 Å². The van der Waals surface area contributed by atoms with Crippen LogP contribution in [-0.4, -0.2) is 26.9 Å². The molecule has 0 amide bonds. The number of nitrogens with one attached hydrogen (secondary N) is 1. The number of aromatic amines is 1. The Kier molecular flexibility index (Phi) is 2.50. The molecule has 0 atom stereocenters. The molecule has 17 heavy (non-hydrogen) atoms. The minimum Gasteiger partial charge on any atom is -0.346 e. The molecule has 0 fully saturated rings. The lowest BCUT2D eigenvalue weighted by Gasteiger charge is -2.05. The van der Waals surface area contributed by atoms with Crippen molar-refractivity contribution < 1.29 is 0 Å². The molecule has 2 aromatic heterocycles. The van der Waals surface area contributed by atoms with Crippen molar-refractivity contribution in [3.05, 3.63) is 42.1 Å². The van der Waals surface area contributed by atoms with Gasteiger partial charge in [-0.15, -0.1) is 0 Å². The summed E-state index contributed by atoms with van der Waals surface area (Å²) in [4.78, 5) is 20.1. The molecule has 5 nitrogen and oxygen atoms in total. The highest BCUT2D eigenvalue weighted by Gasteiger charge is 2.11. The summed E-state index contributed by atoms with van der Waals surface area (Å²) < 4.78 is 0. The van der Waals surface area contributed by atoms with Crippen molar-refractivity contribution in [3.8, 4) is 0 Å². The number of fused-ring (bicyclic) bond motifs is 1. The Morgan fingerprint density at radius 1 is 1.29 bits per heavy atom. The zero-order valence-corrected chi connectivity index (χ0v) is 9.17. The lowest BCUT2D eigenvalue weighted by Crippen LogP contribution is -2.10. The van der Waals surface area contributed by atoms with Crippen LogP contribution in [0.4, 0.5) is 5.82 Å². The van der Waals surface area contributed by atoms with Gasteiger partial charge in [0.05, 0.1) is 36.2 Å². The van der Waals surface area contributed by atoms with Gasteiger partial charge in [0.1, 0.15) is 0 Å². The lowest BCUT2D eigenvalue weighted by atomic mass is 10.2. The maximum atomic E-state index is 4.49. The van der Waals surface area contributed by atoms with E-state index in [1.54, 1.807) is 18.7 Å². The van der Waals surface area contributed by atoms with E-state index in [1.165, 1.54) is 0 Å². The third kappa shape index (κ3) is 2.13. The highest BCUT2D eigenvalue weighted by atomic mass is 15.0. The Bertz CT molecular complexity index is 568. The predicted octanol–water partition coefficient (Wildman–Crippen LogP) is 1.70. The van der Waals surface area contributed by atoms with Crippen LogP contribution in [0.5, 0.6) is 0 Å². The fourth-order valence-electron chi connectivity index (χ4n) is 1.69. The molecular formula is C12H11N5. The molecule has 0 spiro atoms. The zero-order chi connectivity index (χ0) is 11.5. The van der Waals surface area contributed by atoms with E-state index >= 15 is 0 Å². The smallest absolute Gasteiger partial charge is 0.173 e. The van der Waals surface area contributed by atoms with Crippen molar-refractivity contribution in [1.82, 2.24) is 15.0 Å². The Morgan fingerprint density at radius 3 is 3.18 bits per heavy atom. The van der Waals surface area contributed by atoms with Crippen molar-refractivity contribution in [1.29, 1.82) is 0 Å². The van der Waals surface area contributed by atoms with E-state index in [0.29, 0.717) is 6.54 Å². The topological polar surface area (TPSA) is 66.3 Å². The van der Waals surface area contributed by atoms with E-state index < -0.39 is 0 Å². The van der Waals surface area contributed by atoms with Gasteiger partial charge in [-0.2, -0.15) is 0 Å². The average Bonchev–Trinajstić information content (AvgIpc) is 2.85. The van der Waals surface area contributed by atoms with Crippen molar-refractivity contribution >= 4 is 17.7 Å². The highest BCUT2D eigenvalue weighted by Crippen LogP contribution is 2.17. The molecule has 0 saturated heterocycles. The number of nitrogens with zero attached hydrogens (tertiary/aromatic N) is 4. The number of hydrogen-bond donors (Lipinski definition) is 1. The Hall–Kier alpha value is -2.30. The van der Waals surface area contributed by atoms with Crippen LogP contribution in [0.15, 0.2) is 40.7 Å². The van der Waals surface area contributed by atoms with Crippen LogP contribution in [0.25, 0.3) is 0 Å². The summed E-state index contributed by atoms with van der Waals surface area (Å²) in [5, 5.41) is 0. The molecule has 0 aliphatic carbocycles. The van der Waals surface area contributed by atoms with Gasteiger partial charge in [-0.25, -0.2) is 9.98 Å². The zero-order valence-electron chi connectivity index (χ0n) is 9.17. The summed E-state index contributed by atoms with van der Waals surface area (Å²) in [5.74, 6) is 0.766. The molecule has 1 aliphatic rings. The second-order valence-electron chi connectivity index (χ2n) is 3.77. The molecular weight excluding hydrogens is 214 g/mol. The minimum absolute atomic E-state index is 0.589. The number of aromatic nitrogens is 3. The quantitative estimate of drug-likeness (QED) is 0.845. The predicted molar refractivity (Wildman–Crippen MR) is 65.8 cm³/mol. The molecule has 2 aromatic rings. The number of imidazole rings is 1. The van der Waals surface area contributed by atoms with Crippen LogP contribution in [0.1, 0.15) is 11.4 Å². The fraction of sp³-hybridized carbons (Fsp3) is 0.167. The molecule has 1 N–H and O–H groups in total. The SMILES string of the molecule is C1=Nc2nc[nH]c2CC1=NCc1ccccn1. The van der Waals surface area contributed by atoms with Gasteiger partial charge in [0.15, 0.2) is 5.82 Å². The minimum atomic E-state index is 0.589. The molecule has 84 valence electrons. The largest absolute Gasteiger partial charge is 0.346 e. The monoisotopic (exact) mass is 225 g/mol. The van der Waals surface area contributed by atoms with Crippen molar-refractivity contribution in [2.24, 2.45) is 9.98 Å². The summed E-state index contributed by atoms with van der Waals surface area (Å²) in [6.07, 6.45) is 5.96. The summed E-state index contributed by atoms with van der Waals surface area (Å²) in [6, 6.07) is 5.83. The number of rotatable bonds is 2. The van der Waals surface area contributed by atoms with Gasteiger partial charge in [0.2, 0.25) is 0 Å². The average molecular weight is 225 g/mol. The fourth-order valence-corrected chi connectivity index (χ4v) is 1.69. The van der Waals surface area contributed by atoms with Crippen LogP contribution in [0.2, 0.25) is 0 Å². The molecule has 0 radical (unpaired) electrons. The van der Waals surface area contributed by atoms with Gasteiger partial charge in [-0.05, 0) is 12.1 Å². The Morgan fingerprint density at radius 2 is 2.29 bits per heavy atom. The highest BCUT2D eigenvalue weighted by molar-refractivity contribution is 6.32. The third-order valence-corrected chi connectivity index (χ3v) is 2.56. The van der Waals surface area contributed by atoms with Crippen LogP contribution < -0.4 is 0 Å². The van der Waals surface area contributed by atoms with Gasteiger partial charge in [0, 0.05) is 12.6 Å². The standard InChI is InChI=1S/C12H11N5/c1-2-4-13-9(3-1)6-14-10-5-11-12(15-7-10)17-8-16-11/h1-4,7-8H,5-6H2,(H,16,17). The van der Waals surface area contributed by atoms with E-state index in [2.05, 4.69) is 24.9 Å². The molecule has 0 aromatic carbocycles. The van der Waals surface area contributed by atoms with Gasteiger partial charge >= 0.3 is 0 Å². The van der Waals surface area contributed by atoms with Crippen LogP contribution in [0.3, 0.4) is 0 Å². The van der Waals surface area contributed by atoms with Gasteiger partial charge in [0.25, 0.3) is 0 Å². The maximum Gasteiger partial charge on any atom is 0.173 e. The van der Waals surface area contributed by atoms with Crippen molar-refractivity contribution in [3.63, 3.8) is 0 Å². The van der Waals surface area contributed by atoms with Crippen LogP contribution in [-0.2, 0) is 13.0 Å². The summed E-state index contributed by atoms with van der Waals surface area (Å²) in [6.45, 7) is 0.589. The van der Waals surface area contributed by atoms with Crippen molar-refractivity contribution in [2.45, 2.75) is 13.0 Å². The molecule has 0 bridgehead atoms. The molecule has 0 unspecified atom stereocenters. The lowest BCUT2D eigenvalue weighted by molar-refractivity contribution is 0.983. The van der Waals surface area contributed by atoms with Gasteiger partial charge in [-0.1, -0.05) is 6.07 Å². The number of H-pyrrole nitrogens is 1. The number of aliphatic imine (C=N–C) groups is 2. The second kappa shape index (κ2) is 4.29. The van der Waals surface area contributed by atoms with Gasteiger partial charge < -0.3 is 4.98 Å². The summed E-state index contributed by atoms with van der Waals surface area (Å²) in [7, 11) is 0. The summed E-state index contributed by atoms with van der Waals surface area (Å²) >= 11 is 0. The molecule has 3 rings (SSSR count). The number of hydrogen-bond acceptors (Lipinski definition) is 4. The van der Waals surface area contributed by atoms with E-state index in [4.69, 9.17) is 0 Å². The third-order valence-electron chi connectivity index (χ3n) is 2.56. The van der Waals surface area contributed by atoms with E-state index in [9.17, 15) is 0 Å². The molecule has 0 saturated carbocycles. The first-order valence-electron chi connectivity index (χ1n) is 5.41. The Labute approximate surface area is 98.4 Å². The van der Waals surface area contributed by atoms with Crippen LogP contribution >= 0.6 is 0 Å². The molecule has 1 aliphatic heterocycles. The Balaban J connectivity index is 1.75. The van der Waals surface area contributed by atoms with E-state index in [0.717, 1.165) is 29.3 Å². The second-order valence-corrected chi connectivity index (χ2v) is 3.77. The first-order valence-corrected chi connectivity index (χ1v) is 5.41. The summed E-state index contributed by atoms with van der Waals surface area (Å²) in [5.41, 5.74) is 2.93.